The smallest absolute Gasteiger partial charge is 0.242 e. The Morgan fingerprint density at radius 1 is 1.32 bits per heavy atom. The Bertz CT molecular complexity index is 878. The van der Waals surface area contributed by atoms with E-state index >= 15 is 0 Å². The van der Waals surface area contributed by atoms with Gasteiger partial charge in [-0.2, -0.15) is 5.10 Å². The van der Waals surface area contributed by atoms with E-state index in [9.17, 15) is 4.79 Å². The molecule has 130 valence electrons. The highest BCUT2D eigenvalue weighted by atomic mass is 32.1. The van der Waals surface area contributed by atoms with Crippen LogP contribution in [-0.2, 0) is 11.3 Å². The SMILES string of the molecule is Cc1nn(CC(=O)NC2CCCCC2)c2nccc(-c3cccs3)c12. The number of pyridine rings is 1. The molecule has 0 radical (unpaired) electrons. The second kappa shape index (κ2) is 6.96. The molecule has 25 heavy (non-hydrogen) atoms. The number of carbonyl (C=O) groups is 1. The van der Waals surface area contributed by atoms with Crippen molar-refractivity contribution in [1.29, 1.82) is 0 Å². The monoisotopic (exact) mass is 354 g/mol. The van der Waals surface area contributed by atoms with Gasteiger partial charge in [-0.15, -0.1) is 11.3 Å². The molecule has 1 aliphatic rings. The van der Waals surface area contributed by atoms with Gasteiger partial charge in [0.1, 0.15) is 6.54 Å². The van der Waals surface area contributed by atoms with Gasteiger partial charge < -0.3 is 5.32 Å². The topological polar surface area (TPSA) is 59.8 Å². The highest BCUT2D eigenvalue weighted by molar-refractivity contribution is 7.13. The molecule has 0 saturated heterocycles. The molecule has 3 aromatic rings. The number of thiophene rings is 1. The first-order chi connectivity index (χ1) is 12.2. The summed E-state index contributed by atoms with van der Waals surface area (Å²) in [5.41, 5.74) is 2.83. The van der Waals surface area contributed by atoms with Crippen LogP contribution in [0.25, 0.3) is 21.5 Å². The van der Waals surface area contributed by atoms with E-state index in [4.69, 9.17) is 0 Å². The molecule has 6 heteroatoms. The Hall–Kier alpha value is -2.21. The Morgan fingerprint density at radius 2 is 2.16 bits per heavy atom. The van der Waals surface area contributed by atoms with Gasteiger partial charge in [0.05, 0.1) is 11.1 Å². The number of carbonyl (C=O) groups excluding carboxylic acids is 1. The van der Waals surface area contributed by atoms with Crippen LogP contribution in [0.5, 0.6) is 0 Å². The van der Waals surface area contributed by atoms with E-state index in [0.29, 0.717) is 6.04 Å². The molecular formula is C19H22N4OS. The van der Waals surface area contributed by atoms with Gasteiger partial charge in [0.2, 0.25) is 5.91 Å². The van der Waals surface area contributed by atoms with Crippen LogP contribution >= 0.6 is 11.3 Å². The summed E-state index contributed by atoms with van der Waals surface area (Å²) in [5.74, 6) is 0.0274. The third kappa shape index (κ3) is 3.31. The molecule has 0 spiro atoms. The lowest BCUT2D eigenvalue weighted by atomic mass is 9.95. The summed E-state index contributed by atoms with van der Waals surface area (Å²) in [5, 5.41) is 10.9. The van der Waals surface area contributed by atoms with Crippen LogP contribution in [0.15, 0.2) is 29.8 Å². The zero-order valence-electron chi connectivity index (χ0n) is 14.4. The maximum absolute atomic E-state index is 12.4. The first kappa shape index (κ1) is 16.3. The summed E-state index contributed by atoms with van der Waals surface area (Å²) in [6.07, 6.45) is 7.68. The number of fused-ring (bicyclic) bond motifs is 1. The van der Waals surface area contributed by atoms with Gasteiger partial charge in [-0.25, -0.2) is 9.67 Å². The van der Waals surface area contributed by atoms with E-state index in [-0.39, 0.29) is 12.5 Å². The van der Waals surface area contributed by atoms with Crippen LogP contribution in [0.4, 0.5) is 0 Å². The molecular weight excluding hydrogens is 332 g/mol. The van der Waals surface area contributed by atoms with Crippen LogP contribution in [0.3, 0.4) is 0 Å². The third-order valence-electron chi connectivity index (χ3n) is 4.86. The highest BCUT2D eigenvalue weighted by Crippen LogP contribution is 2.32. The summed E-state index contributed by atoms with van der Waals surface area (Å²) in [4.78, 5) is 18.1. The van der Waals surface area contributed by atoms with Crippen molar-refractivity contribution in [3.8, 4) is 10.4 Å². The van der Waals surface area contributed by atoms with Crippen molar-refractivity contribution in [2.24, 2.45) is 0 Å². The third-order valence-corrected chi connectivity index (χ3v) is 5.76. The summed E-state index contributed by atoms with van der Waals surface area (Å²) in [6.45, 7) is 2.21. The zero-order chi connectivity index (χ0) is 17.2. The lowest BCUT2D eigenvalue weighted by Gasteiger charge is -2.22. The van der Waals surface area contributed by atoms with Crippen LogP contribution in [0.2, 0.25) is 0 Å². The van der Waals surface area contributed by atoms with Crippen LogP contribution in [0.1, 0.15) is 37.8 Å². The summed E-state index contributed by atoms with van der Waals surface area (Å²) in [6, 6.07) is 6.49. The summed E-state index contributed by atoms with van der Waals surface area (Å²) < 4.78 is 1.74. The normalized spacial score (nSPS) is 15.6. The van der Waals surface area contributed by atoms with E-state index < -0.39 is 0 Å². The van der Waals surface area contributed by atoms with Gasteiger partial charge in [0.15, 0.2) is 5.65 Å². The largest absolute Gasteiger partial charge is 0.352 e. The molecule has 1 saturated carbocycles. The number of rotatable bonds is 4. The Morgan fingerprint density at radius 3 is 2.92 bits per heavy atom. The molecule has 0 aliphatic heterocycles. The first-order valence-corrected chi connectivity index (χ1v) is 9.75. The quantitative estimate of drug-likeness (QED) is 0.772. The minimum Gasteiger partial charge on any atom is -0.352 e. The molecule has 0 unspecified atom stereocenters. The molecule has 0 atom stereocenters. The maximum Gasteiger partial charge on any atom is 0.242 e. The van der Waals surface area contributed by atoms with Gasteiger partial charge in [0, 0.05) is 22.7 Å². The minimum atomic E-state index is 0.0274. The van der Waals surface area contributed by atoms with Crippen LogP contribution < -0.4 is 5.32 Å². The number of aromatic nitrogens is 3. The average molecular weight is 354 g/mol. The number of aryl methyl sites for hydroxylation is 1. The van der Waals surface area contributed by atoms with Crippen molar-refractivity contribution < 1.29 is 4.79 Å². The lowest BCUT2D eigenvalue weighted by molar-refractivity contribution is -0.122. The minimum absolute atomic E-state index is 0.0274. The average Bonchev–Trinajstić information content (AvgIpc) is 3.25. The Labute approximate surface area is 151 Å². The Kier molecular flexibility index (Phi) is 4.53. The molecule has 4 rings (SSSR count). The first-order valence-electron chi connectivity index (χ1n) is 8.88. The molecule has 3 heterocycles. The van der Waals surface area contributed by atoms with Crippen molar-refractivity contribution in [3.05, 3.63) is 35.5 Å². The van der Waals surface area contributed by atoms with Gasteiger partial charge in [0.25, 0.3) is 0 Å². The van der Waals surface area contributed by atoms with Crippen LogP contribution in [-0.4, -0.2) is 26.7 Å². The number of hydrogen-bond acceptors (Lipinski definition) is 4. The standard InChI is InChI=1S/C19H22N4OS/c1-13-18-15(16-8-5-11-25-16)9-10-20-19(18)23(22-13)12-17(24)21-14-6-3-2-4-7-14/h5,8-11,14H,2-4,6-7,12H2,1H3,(H,21,24). The fourth-order valence-corrected chi connectivity index (χ4v) is 4.44. The molecule has 1 N–H and O–H groups in total. The molecule has 3 aromatic heterocycles. The zero-order valence-corrected chi connectivity index (χ0v) is 15.2. The van der Waals surface area contributed by atoms with Gasteiger partial charge in [-0.05, 0) is 37.3 Å². The van der Waals surface area contributed by atoms with E-state index in [2.05, 4.69) is 26.8 Å². The van der Waals surface area contributed by atoms with Crippen molar-refractivity contribution >= 4 is 28.3 Å². The van der Waals surface area contributed by atoms with Crippen molar-refractivity contribution in [2.75, 3.05) is 0 Å². The Balaban J connectivity index is 1.60. The molecule has 5 nitrogen and oxygen atoms in total. The summed E-state index contributed by atoms with van der Waals surface area (Å²) in [7, 11) is 0. The van der Waals surface area contributed by atoms with Gasteiger partial charge in [-0.3, -0.25) is 4.79 Å². The number of amides is 1. The van der Waals surface area contributed by atoms with E-state index in [1.807, 2.05) is 19.1 Å². The predicted molar refractivity (Wildman–Crippen MR) is 101 cm³/mol. The molecule has 1 amide bonds. The van der Waals surface area contributed by atoms with E-state index in [0.717, 1.165) is 35.1 Å². The maximum atomic E-state index is 12.4. The molecule has 1 fully saturated rings. The fourth-order valence-electron chi connectivity index (χ4n) is 3.69. The molecule has 1 aliphatic carbocycles. The second-order valence-electron chi connectivity index (χ2n) is 6.68. The van der Waals surface area contributed by atoms with Crippen LogP contribution in [0, 0.1) is 6.92 Å². The van der Waals surface area contributed by atoms with Crippen molar-refractivity contribution in [2.45, 2.75) is 51.6 Å². The van der Waals surface area contributed by atoms with E-state index in [1.54, 1.807) is 22.2 Å². The van der Waals surface area contributed by atoms with Gasteiger partial charge in [-0.1, -0.05) is 25.3 Å². The summed E-state index contributed by atoms with van der Waals surface area (Å²) >= 11 is 1.70. The second-order valence-corrected chi connectivity index (χ2v) is 7.63. The van der Waals surface area contributed by atoms with E-state index in [1.165, 1.54) is 24.1 Å². The molecule has 0 bridgehead atoms. The number of nitrogens with zero attached hydrogens (tertiary/aromatic N) is 3. The molecule has 0 aromatic carbocycles. The van der Waals surface area contributed by atoms with Gasteiger partial charge >= 0.3 is 0 Å². The number of nitrogens with one attached hydrogen (secondary N) is 1. The fraction of sp³-hybridized carbons (Fsp3) is 0.421. The van der Waals surface area contributed by atoms with Crippen molar-refractivity contribution in [3.63, 3.8) is 0 Å². The highest BCUT2D eigenvalue weighted by Gasteiger charge is 2.19. The van der Waals surface area contributed by atoms with Crippen molar-refractivity contribution in [1.82, 2.24) is 20.1 Å². The predicted octanol–water partition coefficient (Wildman–Crippen LogP) is 3.92. The number of hydrogen-bond donors (Lipinski definition) is 1. The lowest BCUT2D eigenvalue weighted by Crippen LogP contribution is -2.38.